The average Bonchev–Trinajstić information content (AvgIpc) is 2.54. The van der Waals surface area contributed by atoms with Crippen LogP contribution < -0.4 is 5.32 Å². The Bertz CT molecular complexity index is 462. The molecule has 1 aromatic carbocycles. The highest BCUT2D eigenvalue weighted by molar-refractivity contribution is 5.95. The highest BCUT2D eigenvalue weighted by Gasteiger charge is 2.17. The molecule has 1 heterocycles. The molecule has 0 saturated heterocycles. The minimum absolute atomic E-state index is 0.199. The van der Waals surface area contributed by atoms with Crippen LogP contribution in [0.4, 0.5) is 5.69 Å². The minimum Gasteiger partial charge on any atom is -0.385 e. The smallest absolute Gasteiger partial charge is 0.253 e. The number of anilines is 1. The first kappa shape index (κ1) is 15.9. The average molecular weight is 288 g/mol. The van der Waals surface area contributed by atoms with Crippen LogP contribution in [0.2, 0.25) is 0 Å². The molecule has 3 heteroatoms. The van der Waals surface area contributed by atoms with Gasteiger partial charge in [-0.05, 0) is 49.4 Å². The van der Waals surface area contributed by atoms with E-state index in [9.17, 15) is 4.79 Å². The summed E-state index contributed by atoms with van der Waals surface area (Å²) in [5, 5.41) is 3.40. The van der Waals surface area contributed by atoms with Gasteiger partial charge in [-0.3, -0.25) is 4.79 Å². The summed E-state index contributed by atoms with van der Waals surface area (Å²) >= 11 is 0. The second-order valence-corrected chi connectivity index (χ2v) is 5.90. The first-order chi connectivity index (χ1) is 10.3. The van der Waals surface area contributed by atoms with Gasteiger partial charge in [-0.25, -0.2) is 0 Å². The van der Waals surface area contributed by atoms with Crippen molar-refractivity contribution in [2.75, 3.05) is 25.0 Å². The number of aryl methyl sites for hydroxylation is 1. The van der Waals surface area contributed by atoms with Gasteiger partial charge < -0.3 is 10.2 Å². The molecule has 21 heavy (non-hydrogen) atoms. The monoisotopic (exact) mass is 288 g/mol. The molecule has 1 aliphatic rings. The predicted molar refractivity (Wildman–Crippen MR) is 89.0 cm³/mol. The van der Waals surface area contributed by atoms with Crippen molar-refractivity contribution in [1.29, 1.82) is 0 Å². The number of carbonyl (C=O) groups excluding carboxylic acids is 1. The molecule has 0 bridgehead atoms. The maximum absolute atomic E-state index is 12.7. The van der Waals surface area contributed by atoms with Crippen molar-refractivity contribution < 1.29 is 4.79 Å². The molecular formula is C18H28N2O. The largest absolute Gasteiger partial charge is 0.385 e. The van der Waals surface area contributed by atoms with E-state index < -0.39 is 0 Å². The Morgan fingerprint density at radius 2 is 1.90 bits per heavy atom. The molecule has 2 rings (SSSR count). The number of benzene rings is 1. The number of hydrogen-bond acceptors (Lipinski definition) is 2. The SMILES string of the molecule is CCCCN(CCCC)C(=O)c1ccc2c(c1)CCCN2. The molecule has 1 aromatic rings. The van der Waals surface area contributed by atoms with Crippen molar-refractivity contribution in [3.05, 3.63) is 29.3 Å². The van der Waals surface area contributed by atoms with Gasteiger partial charge in [0.2, 0.25) is 0 Å². The Hall–Kier alpha value is -1.51. The van der Waals surface area contributed by atoms with Gasteiger partial charge in [0.1, 0.15) is 0 Å². The van der Waals surface area contributed by atoms with Gasteiger partial charge in [-0.1, -0.05) is 26.7 Å². The Kier molecular flexibility index (Phi) is 6.09. The lowest BCUT2D eigenvalue weighted by atomic mass is 10.00. The zero-order chi connectivity index (χ0) is 15.1. The van der Waals surface area contributed by atoms with Crippen molar-refractivity contribution >= 4 is 11.6 Å². The zero-order valence-electron chi connectivity index (χ0n) is 13.5. The van der Waals surface area contributed by atoms with E-state index in [4.69, 9.17) is 0 Å². The lowest BCUT2D eigenvalue weighted by molar-refractivity contribution is 0.0751. The fourth-order valence-electron chi connectivity index (χ4n) is 2.80. The molecule has 1 amide bonds. The van der Waals surface area contributed by atoms with Crippen LogP contribution in [-0.4, -0.2) is 30.4 Å². The van der Waals surface area contributed by atoms with Crippen molar-refractivity contribution in [3.8, 4) is 0 Å². The van der Waals surface area contributed by atoms with E-state index in [1.54, 1.807) is 0 Å². The third kappa shape index (κ3) is 4.23. The van der Waals surface area contributed by atoms with Crippen LogP contribution in [0.25, 0.3) is 0 Å². The van der Waals surface area contributed by atoms with Crippen LogP contribution >= 0.6 is 0 Å². The standard InChI is InChI=1S/C18H28N2O/c1-3-5-12-20(13-6-4-2)18(21)16-9-10-17-15(14-16)8-7-11-19-17/h9-10,14,19H,3-8,11-13H2,1-2H3. The summed E-state index contributed by atoms with van der Waals surface area (Å²) in [5.74, 6) is 0.199. The van der Waals surface area contributed by atoms with E-state index in [1.165, 1.54) is 11.3 Å². The molecule has 0 radical (unpaired) electrons. The van der Waals surface area contributed by atoms with Crippen molar-refractivity contribution in [1.82, 2.24) is 4.90 Å². The Morgan fingerprint density at radius 3 is 2.57 bits per heavy atom. The lowest BCUT2D eigenvalue weighted by Gasteiger charge is -2.24. The van der Waals surface area contributed by atoms with Crippen molar-refractivity contribution in [2.24, 2.45) is 0 Å². The normalized spacial score (nSPS) is 13.4. The second-order valence-electron chi connectivity index (χ2n) is 5.90. The van der Waals surface area contributed by atoms with E-state index >= 15 is 0 Å². The molecule has 116 valence electrons. The molecule has 3 nitrogen and oxygen atoms in total. The molecule has 0 aliphatic carbocycles. The van der Waals surface area contributed by atoms with Gasteiger partial charge in [0.05, 0.1) is 0 Å². The van der Waals surface area contributed by atoms with E-state index in [2.05, 4.69) is 31.3 Å². The highest BCUT2D eigenvalue weighted by Crippen LogP contribution is 2.23. The van der Waals surface area contributed by atoms with E-state index in [0.29, 0.717) is 0 Å². The molecule has 0 saturated carbocycles. The predicted octanol–water partition coefficient (Wildman–Crippen LogP) is 4.09. The van der Waals surface area contributed by atoms with Crippen molar-refractivity contribution in [2.45, 2.75) is 52.4 Å². The fourth-order valence-corrected chi connectivity index (χ4v) is 2.80. The summed E-state index contributed by atoms with van der Waals surface area (Å²) in [6.07, 6.45) is 6.66. The van der Waals surface area contributed by atoms with E-state index in [0.717, 1.165) is 63.7 Å². The topological polar surface area (TPSA) is 32.3 Å². The third-order valence-corrected chi connectivity index (χ3v) is 4.14. The number of hydrogen-bond donors (Lipinski definition) is 1. The molecule has 1 N–H and O–H groups in total. The summed E-state index contributed by atoms with van der Waals surface area (Å²) in [6.45, 7) is 7.15. The van der Waals surface area contributed by atoms with Crippen LogP contribution in [-0.2, 0) is 6.42 Å². The van der Waals surface area contributed by atoms with Gasteiger partial charge in [0.25, 0.3) is 5.91 Å². The second kappa shape index (κ2) is 8.06. The fraction of sp³-hybridized carbons (Fsp3) is 0.611. The number of amides is 1. The lowest BCUT2D eigenvalue weighted by Crippen LogP contribution is -2.33. The molecule has 0 fully saturated rings. The van der Waals surface area contributed by atoms with E-state index in [1.807, 2.05) is 11.0 Å². The Morgan fingerprint density at radius 1 is 1.19 bits per heavy atom. The number of rotatable bonds is 7. The number of nitrogens with one attached hydrogen (secondary N) is 1. The molecular weight excluding hydrogens is 260 g/mol. The van der Waals surface area contributed by atoms with Gasteiger partial charge in [0, 0.05) is 30.9 Å². The first-order valence-electron chi connectivity index (χ1n) is 8.42. The Labute approximate surface area is 128 Å². The molecule has 0 atom stereocenters. The first-order valence-corrected chi connectivity index (χ1v) is 8.42. The van der Waals surface area contributed by atoms with Crippen LogP contribution in [0.15, 0.2) is 18.2 Å². The number of nitrogens with zero attached hydrogens (tertiary/aromatic N) is 1. The van der Waals surface area contributed by atoms with Gasteiger partial charge >= 0.3 is 0 Å². The number of fused-ring (bicyclic) bond motifs is 1. The van der Waals surface area contributed by atoms with Crippen LogP contribution in [0.3, 0.4) is 0 Å². The van der Waals surface area contributed by atoms with Gasteiger partial charge in [0.15, 0.2) is 0 Å². The third-order valence-electron chi connectivity index (χ3n) is 4.14. The molecule has 0 unspecified atom stereocenters. The summed E-state index contributed by atoms with van der Waals surface area (Å²) < 4.78 is 0. The maximum Gasteiger partial charge on any atom is 0.253 e. The molecule has 1 aliphatic heterocycles. The van der Waals surface area contributed by atoms with Crippen LogP contribution in [0, 0.1) is 0 Å². The molecule has 0 spiro atoms. The van der Waals surface area contributed by atoms with Crippen molar-refractivity contribution in [3.63, 3.8) is 0 Å². The quantitative estimate of drug-likeness (QED) is 0.819. The molecule has 0 aromatic heterocycles. The number of carbonyl (C=O) groups is 1. The Balaban J connectivity index is 2.11. The van der Waals surface area contributed by atoms with Gasteiger partial charge in [-0.2, -0.15) is 0 Å². The van der Waals surface area contributed by atoms with E-state index in [-0.39, 0.29) is 5.91 Å². The highest BCUT2D eigenvalue weighted by atomic mass is 16.2. The van der Waals surface area contributed by atoms with Gasteiger partial charge in [-0.15, -0.1) is 0 Å². The zero-order valence-corrected chi connectivity index (χ0v) is 13.5. The minimum atomic E-state index is 0.199. The number of unbranched alkanes of at least 4 members (excludes halogenated alkanes) is 2. The summed E-state index contributed by atoms with van der Waals surface area (Å²) in [6, 6.07) is 6.14. The summed E-state index contributed by atoms with van der Waals surface area (Å²) in [7, 11) is 0. The summed E-state index contributed by atoms with van der Waals surface area (Å²) in [4.78, 5) is 14.8. The van der Waals surface area contributed by atoms with Crippen LogP contribution in [0.5, 0.6) is 0 Å². The maximum atomic E-state index is 12.7. The summed E-state index contributed by atoms with van der Waals surface area (Å²) in [5.41, 5.74) is 3.34. The van der Waals surface area contributed by atoms with Crippen LogP contribution in [0.1, 0.15) is 61.9 Å².